The van der Waals surface area contributed by atoms with E-state index >= 15 is 0 Å². The molecular formula is C20H15ClN2O2. The Bertz CT molecular complexity index is 943. The van der Waals surface area contributed by atoms with Gasteiger partial charge in [0.15, 0.2) is 0 Å². The molecule has 124 valence electrons. The number of carbonyl (C=O) groups excluding carboxylic acids is 1. The number of halogens is 1. The summed E-state index contributed by atoms with van der Waals surface area (Å²) in [7, 11) is 0. The minimum Gasteiger partial charge on any atom is -0.507 e. The first-order valence-electron chi connectivity index (χ1n) is 7.88. The second kappa shape index (κ2) is 6.15. The third-order valence-corrected chi connectivity index (χ3v) is 4.48. The average Bonchev–Trinajstić information content (AvgIpc) is 2.62. The Balaban J connectivity index is 1.89. The highest BCUT2D eigenvalue weighted by molar-refractivity contribution is 6.30. The summed E-state index contributed by atoms with van der Waals surface area (Å²) in [5.74, 6) is -0.0852. The van der Waals surface area contributed by atoms with E-state index in [0.29, 0.717) is 16.1 Å². The van der Waals surface area contributed by atoms with E-state index in [9.17, 15) is 9.90 Å². The lowest BCUT2D eigenvalue weighted by molar-refractivity contribution is 0.0974. The zero-order valence-electron chi connectivity index (χ0n) is 13.2. The van der Waals surface area contributed by atoms with E-state index in [4.69, 9.17) is 11.6 Å². The van der Waals surface area contributed by atoms with Gasteiger partial charge in [-0.2, -0.15) is 0 Å². The highest BCUT2D eigenvalue weighted by Gasteiger charge is 2.35. The van der Waals surface area contributed by atoms with Crippen LogP contribution in [0.2, 0.25) is 5.02 Å². The van der Waals surface area contributed by atoms with Crippen molar-refractivity contribution in [3.8, 4) is 5.75 Å². The SMILES string of the molecule is O=C1c2ccccc2NC(c2ccc(Cl)cc2O)N1c1ccccc1. The molecule has 1 amide bonds. The number of benzene rings is 3. The van der Waals surface area contributed by atoms with E-state index in [0.717, 1.165) is 11.4 Å². The molecule has 2 N–H and O–H groups in total. The quantitative estimate of drug-likeness (QED) is 0.697. The molecule has 0 saturated carbocycles. The third kappa shape index (κ3) is 2.71. The Labute approximate surface area is 150 Å². The molecule has 1 atom stereocenters. The summed E-state index contributed by atoms with van der Waals surface area (Å²) in [4.78, 5) is 14.8. The van der Waals surface area contributed by atoms with Crippen molar-refractivity contribution in [1.29, 1.82) is 0 Å². The molecule has 0 fully saturated rings. The zero-order valence-corrected chi connectivity index (χ0v) is 13.9. The standard InChI is InChI=1S/C20H15ClN2O2/c21-13-10-11-16(18(24)12-13)19-22-17-9-5-4-8-15(17)20(25)23(19)14-6-2-1-3-7-14/h1-12,19,22,24H. The lowest BCUT2D eigenvalue weighted by Crippen LogP contribution is -2.43. The van der Waals surface area contributed by atoms with E-state index in [1.165, 1.54) is 6.07 Å². The van der Waals surface area contributed by atoms with Crippen LogP contribution in [-0.2, 0) is 0 Å². The predicted octanol–water partition coefficient (Wildman–Crippen LogP) is 4.82. The van der Waals surface area contributed by atoms with Gasteiger partial charge in [-0.3, -0.25) is 9.69 Å². The molecule has 0 saturated heterocycles. The Kier molecular flexibility index (Phi) is 3.82. The number of carbonyl (C=O) groups is 1. The molecule has 1 heterocycles. The number of nitrogens with one attached hydrogen (secondary N) is 1. The highest BCUT2D eigenvalue weighted by atomic mass is 35.5. The monoisotopic (exact) mass is 350 g/mol. The number of hydrogen-bond donors (Lipinski definition) is 2. The molecule has 4 rings (SSSR count). The van der Waals surface area contributed by atoms with Crippen LogP contribution in [0.1, 0.15) is 22.1 Å². The predicted molar refractivity (Wildman–Crippen MR) is 99.2 cm³/mol. The van der Waals surface area contributed by atoms with Crippen LogP contribution in [0.3, 0.4) is 0 Å². The number of nitrogens with zero attached hydrogens (tertiary/aromatic N) is 1. The molecule has 0 aromatic heterocycles. The normalized spacial score (nSPS) is 16.3. The van der Waals surface area contributed by atoms with Gasteiger partial charge in [-0.1, -0.05) is 41.9 Å². The Morgan fingerprint density at radius 2 is 1.68 bits per heavy atom. The molecule has 3 aromatic carbocycles. The summed E-state index contributed by atoms with van der Waals surface area (Å²) in [5, 5.41) is 14.2. The average molecular weight is 351 g/mol. The number of fused-ring (bicyclic) bond motifs is 1. The van der Waals surface area contributed by atoms with Gasteiger partial charge in [-0.25, -0.2) is 0 Å². The largest absolute Gasteiger partial charge is 0.507 e. The summed E-state index contributed by atoms with van der Waals surface area (Å²) in [6, 6.07) is 21.6. The van der Waals surface area contributed by atoms with Gasteiger partial charge in [0, 0.05) is 22.0 Å². The van der Waals surface area contributed by atoms with Gasteiger partial charge in [0.25, 0.3) is 5.91 Å². The minimum absolute atomic E-state index is 0.0399. The molecule has 25 heavy (non-hydrogen) atoms. The Morgan fingerprint density at radius 3 is 2.44 bits per heavy atom. The van der Waals surface area contributed by atoms with Crippen LogP contribution in [0.4, 0.5) is 11.4 Å². The van der Waals surface area contributed by atoms with Crippen LogP contribution in [0, 0.1) is 0 Å². The zero-order chi connectivity index (χ0) is 17.4. The van der Waals surface area contributed by atoms with Gasteiger partial charge in [0.1, 0.15) is 11.9 Å². The summed E-state index contributed by atoms with van der Waals surface area (Å²) in [6.45, 7) is 0. The summed E-state index contributed by atoms with van der Waals surface area (Å²) >= 11 is 5.96. The first-order valence-corrected chi connectivity index (χ1v) is 8.25. The molecule has 0 radical (unpaired) electrons. The number of rotatable bonds is 2. The Hall–Kier alpha value is -2.98. The van der Waals surface area contributed by atoms with Crippen molar-refractivity contribution >= 4 is 28.9 Å². The number of phenols is 1. The fourth-order valence-electron chi connectivity index (χ4n) is 3.07. The molecule has 0 aliphatic carbocycles. The van der Waals surface area contributed by atoms with E-state index in [-0.39, 0.29) is 11.7 Å². The van der Waals surface area contributed by atoms with Crippen LogP contribution in [-0.4, -0.2) is 11.0 Å². The van der Waals surface area contributed by atoms with Gasteiger partial charge in [0.2, 0.25) is 0 Å². The third-order valence-electron chi connectivity index (χ3n) is 4.25. The maximum Gasteiger partial charge on any atom is 0.262 e. The van der Waals surface area contributed by atoms with E-state index in [2.05, 4.69) is 5.32 Å². The topological polar surface area (TPSA) is 52.6 Å². The van der Waals surface area contributed by atoms with Gasteiger partial charge < -0.3 is 10.4 Å². The highest BCUT2D eigenvalue weighted by Crippen LogP contribution is 2.39. The van der Waals surface area contributed by atoms with Gasteiger partial charge in [-0.05, 0) is 42.5 Å². The first kappa shape index (κ1) is 15.5. The molecule has 0 bridgehead atoms. The van der Waals surface area contributed by atoms with E-state index in [1.54, 1.807) is 23.1 Å². The van der Waals surface area contributed by atoms with Crippen LogP contribution < -0.4 is 10.2 Å². The molecule has 1 aliphatic rings. The van der Waals surface area contributed by atoms with Crippen LogP contribution in [0.15, 0.2) is 72.8 Å². The smallest absolute Gasteiger partial charge is 0.262 e. The molecule has 0 spiro atoms. The van der Waals surface area contributed by atoms with Gasteiger partial charge >= 0.3 is 0 Å². The molecular weight excluding hydrogens is 336 g/mol. The van der Waals surface area contributed by atoms with E-state index < -0.39 is 6.17 Å². The number of para-hydroxylation sites is 2. The van der Waals surface area contributed by atoms with Crippen molar-refractivity contribution in [1.82, 2.24) is 0 Å². The van der Waals surface area contributed by atoms with Crippen molar-refractivity contribution in [2.45, 2.75) is 6.17 Å². The maximum atomic E-state index is 13.2. The van der Waals surface area contributed by atoms with Crippen LogP contribution >= 0.6 is 11.6 Å². The lowest BCUT2D eigenvalue weighted by Gasteiger charge is -2.38. The van der Waals surface area contributed by atoms with Crippen molar-refractivity contribution in [3.63, 3.8) is 0 Å². The first-order chi connectivity index (χ1) is 12.1. The molecule has 5 heteroatoms. The van der Waals surface area contributed by atoms with Crippen LogP contribution in [0.25, 0.3) is 0 Å². The molecule has 4 nitrogen and oxygen atoms in total. The van der Waals surface area contributed by atoms with Crippen molar-refractivity contribution in [2.24, 2.45) is 0 Å². The van der Waals surface area contributed by atoms with Gasteiger partial charge in [-0.15, -0.1) is 0 Å². The van der Waals surface area contributed by atoms with Crippen molar-refractivity contribution < 1.29 is 9.90 Å². The van der Waals surface area contributed by atoms with E-state index in [1.807, 2.05) is 48.5 Å². The summed E-state index contributed by atoms with van der Waals surface area (Å²) in [5.41, 5.74) is 2.65. The maximum absolute atomic E-state index is 13.2. The van der Waals surface area contributed by atoms with Gasteiger partial charge in [0.05, 0.1) is 5.56 Å². The van der Waals surface area contributed by atoms with Crippen molar-refractivity contribution in [3.05, 3.63) is 88.9 Å². The van der Waals surface area contributed by atoms with Crippen LogP contribution in [0.5, 0.6) is 5.75 Å². The summed E-state index contributed by atoms with van der Waals surface area (Å²) < 4.78 is 0. The Morgan fingerprint density at radius 1 is 0.960 bits per heavy atom. The molecule has 3 aromatic rings. The summed E-state index contributed by atoms with van der Waals surface area (Å²) in [6.07, 6.45) is -0.540. The minimum atomic E-state index is -0.540. The number of amides is 1. The molecule has 1 aliphatic heterocycles. The second-order valence-electron chi connectivity index (χ2n) is 5.81. The molecule has 1 unspecified atom stereocenters. The number of anilines is 2. The lowest BCUT2D eigenvalue weighted by atomic mass is 10.0. The fourth-order valence-corrected chi connectivity index (χ4v) is 3.24. The fraction of sp³-hybridized carbons (Fsp3) is 0.0500. The van der Waals surface area contributed by atoms with Crippen molar-refractivity contribution in [2.75, 3.05) is 10.2 Å². The number of phenolic OH excluding ortho intramolecular Hbond substituents is 1. The second-order valence-corrected chi connectivity index (χ2v) is 6.24. The number of aromatic hydroxyl groups is 1. The number of hydrogen-bond acceptors (Lipinski definition) is 3.